The number of hydrogen-bond acceptors (Lipinski definition) is 1. The van der Waals surface area contributed by atoms with Crippen molar-refractivity contribution in [1.82, 2.24) is 4.98 Å². The maximum absolute atomic E-state index is 5.89. The average molecular weight is 277 g/mol. The Bertz CT molecular complexity index is 333. The lowest BCUT2D eigenvalue weighted by atomic mass is 10.2. The van der Waals surface area contributed by atoms with Crippen molar-refractivity contribution < 1.29 is 0 Å². The summed E-state index contributed by atoms with van der Waals surface area (Å²) in [5.74, 6) is 0. The van der Waals surface area contributed by atoms with E-state index in [9.17, 15) is 0 Å². The van der Waals surface area contributed by atoms with Crippen molar-refractivity contribution >= 4 is 37.8 Å². The van der Waals surface area contributed by atoms with E-state index < -0.39 is 0 Å². The van der Waals surface area contributed by atoms with Gasteiger partial charge in [0.2, 0.25) is 0 Å². The molecule has 0 aliphatic heterocycles. The molecule has 1 aliphatic carbocycles. The van der Waals surface area contributed by atoms with Crippen molar-refractivity contribution in [2.75, 3.05) is 0 Å². The first-order valence-corrected chi connectivity index (χ1v) is 4.74. The molecule has 0 radical (unpaired) electrons. The molecule has 1 nitrogen and oxygen atoms in total. The first-order chi connectivity index (χ1) is 5.29. The van der Waals surface area contributed by atoms with Gasteiger partial charge < -0.3 is 0 Å². The highest BCUT2D eigenvalue weighted by atomic mass is 127. The van der Waals surface area contributed by atoms with Gasteiger partial charge in [0.15, 0.2) is 0 Å². The molecule has 0 unspecified atom stereocenters. The summed E-state index contributed by atoms with van der Waals surface area (Å²) in [5.41, 5.74) is 2.41. The third-order valence-corrected chi connectivity index (χ3v) is 3.09. The summed E-state index contributed by atoms with van der Waals surface area (Å²) < 4.78 is 1.28. The smallest absolute Gasteiger partial charge is 0.133 e. The third-order valence-electron chi connectivity index (χ3n) is 1.75. The van der Waals surface area contributed by atoms with Crippen molar-refractivity contribution in [2.45, 2.75) is 6.42 Å². The van der Waals surface area contributed by atoms with Crippen molar-refractivity contribution in [2.24, 2.45) is 0 Å². The van der Waals surface area contributed by atoms with Gasteiger partial charge >= 0.3 is 0 Å². The van der Waals surface area contributed by atoms with E-state index in [1.165, 1.54) is 14.7 Å². The lowest BCUT2D eigenvalue weighted by Crippen LogP contribution is -1.86. The lowest BCUT2D eigenvalue weighted by Gasteiger charge is -1.99. The summed E-state index contributed by atoms with van der Waals surface area (Å²) in [7, 11) is 0. The SMILES string of the molecule is Clc1nccc2c1CC=C2I. The van der Waals surface area contributed by atoms with Crippen LogP contribution in [0, 0.1) is 0 Å². The summed E-state index contributed by atoms with van der Waals surface area (Å²) >= 11 is 8.20. The molecule has 0 saturated carbocycles. The number of nitrogens with zero attached hydrogens (tertiary/aromatic N) is 1. The van der Waals surface area contributed by atoms with Gasteiger partial charge in [-0.1, -0.05) is 17.7 Å². The highest BCUT2D eigenvalue weighted by Crippen LogP contribution is 2.34. The van der Waals surface area contributed by atoms with E-state index in [-0.39, 0.29) is 0 Å². The van der Waals surface area contributed by atoms with E-state index in [0.717, 1.165) is 6.42 Å². The van der Waals surface area contributed by atoms with E-state index in [2.05, 4.69) is 33.7 Å². The molecule has 3 heteroatoms. The van der Waals surface area contributed by atoms with Crippen LogP contribution in [0.25, 0.3) is 3.58 Å². The van der Waals surface area contributed by atoms with Gasteiger partial charge in [0.1, 0.15) is 5.15 Å². The van der Waals surface area contributed by atoms with Crippen LogP contribution in [0.4, 0.5) is 0 Å². The average Bonchev–Trinajstić information content (AvgIpc) is 2.35. The Kier molecular flexibility index (Phi) is 1.89. The molecule has 56 valence electrons. The van der Waals surface area contributed by atoms with Crippen molar-refractivity contribution in [3.05, 3.63) is 34.6 Å². The van der Waals surface area contributed by atoms with Gasteiger partial charge in [0.05, 0.1) is 0 Å². The molecule has 1 aliphatic rings. The fourth-order valence-corrected chi connectivity index (χ4v) is 2.15. The molecule has 2 rings (SSSR count). The molecule has 1 aromatic rings. The van der Waals surface area contributed by atoms with Crippen molar-refractivity contribution in [1.29, 1.82) is 0 Å². The van der Waals surface area contributed by atoms with Crippen LogP contribution in [0.5, 0.6) is 0 Å². The fraction of sp³-hybridized carbons (Fsp3) is 0.125. The highest BCUT2D eigenvalue weighted by Gasteiger charge is 2.14. The summed E-state index contributed by atoms with van der Waals surface area (Å²) in [6.07, 6.45) is 4.85. The zero-order chi connectivity index (χ0) is 7.84. The van der Waals surface area contributed by atoms with Gasteiger partial charge in [0.25, 0.3) is 0 Å². The summed E-state index contributed by atoms with van der Waals surface area (Å²) in [4.78, 5) is 4.01. The molecule has 0 saturated heterocycles. The Labute approximate surface area is 83.6 Å². The van der Waals surface area contributed by atoms with Gasteiger partial charge in [-0.2, -0.15) is 0 Å². The number of fused-ring (bicyclic) bond motifs is 1. The van der Waals surface area contributed by atoms with Crippen LogP contribution in [-0.4, -0.2) is 4.98 Å². The molecule has 0 N–H and O–H groups in total. The zero-order valence-corrected chi connectivity index (χ0v) is 8.56. The minimum atomic E-state index is 0.644. The first-order valence-electron chi connectivity index (χ1n) is 3.28. The fourth-order valence-electron chi connectivity index (χ4n) is 1.19. The van der Waals surface area contributed by atoms with Gasteiger partial charge in [-0.15, -0.1) is 0 Å². The molecule has 0 amide bonds. The molecule has 0 atom stereocenters. The normalized spacial score (nSPS) is 14.5. The largest absolute Gasteiger partial charge is 0.244 e. The Morgan fingerprint density at radius 2 is 2.36 bits per heavy atom. The van der Waals surface area contributed by atoms with Crippen LogP contribution < -0.4 is 0 Å². The summed E-state index contributed by atoms with van der Waals surface area (Å²) in [5, 5.41) is 0.644. The van der Waals surface area contributed by atoms with Gasteiger partial charge in [-0.05, 0) is 40.6 Å². The summed E-state index contributed by atoms with van der Waals surface area (Å²) in [6, 6.07) is 2.01. The number of pyridine rings is 1. The predicted molar refractivity (Wildman–Crippen MR) is 54.9 cm³/mol. The standard InChI is InChI=1S/C8H5ClIN/c9-8-6-1-2-7(10)5(6)3-4-11-8/h2-4H,1H2. The maximum atomic E-state index is 5.89. The number of allylic oxidation sites excluding steroid dienone is 1. The second-order valence-corrected chi connectivity index (χ2v) is 3.90. The number of hydrogen-bond donors (Lipinski definition) is 0. The van der Waals surface area contributed by atoms with Crippen LogP contribution in [0.15, 0.2) is 18.3 Å². The minimum absolute atomic E-state index is 0.644. The summed E-state index contributed by atoms with van der Waals surface area (Å²) in [6.45, 7) is 0. The molecule has 1 heterocycles. The van der Waals surface area contributed by atoms with E-state index in [1.54, 1.807) is 6.20 Å². The number of aromatic nitrogens is 1. The molecule has 0 fully saturated rings. The van der Waals surface area contributed by atoms with Crippen LogP contribution in [0.1, 0.15) is 11.1 Å². The first kappa shape index (κ1) is 7.55. The maximum Gasteiger partial charge on any atom is 0.133 e. The zero-order valence-electron chi connectivity index (χ0n) is 5.64. The molecule has 0 bridgehead atoms. The third kappa shape index (κ3) is 1.18. The van der Waals surface area contributed by atoms with E-state index >= 15 is 0 Å². The molecule has 0 aromatic carbocycles. The second-order valence-electron chi connectivity index (χ2n) is 2.38. The second kappa shape index (κ2) is 2.75. The molecule has 1 aromatic heterocycles. The van der Waals surface area contributed by atoms with Crippen molar-refractivity contribution in [3.63, 3.8) is 0 Å². The van der Waals surface area contributed by atoms with Crippen molar-refractivity contribution in [3.8, 4) is 0 Å². The van der Waals surface area contributed by atoms with Gasteiger partial charge in [-0.25, -0.2) is 4.98 Å². The Balaban J connectivity index is 2.64. The predicted octanol–water partition coefficient (Wildman–Crippen LogP) is 3.07. The van der Waals surface area contributed by atoms with Crippen LogP contribution in [0.3, 0.4) is 0 Å². The molecule has 11 heavy (non-hydrogen) atoms. The minimum Gasteiger partial charge on any atom is -0.244 e. The van der Waals surface area contributed by atoms with E-state index in [4.69, 9.17) is 11.6 Å². The van der Waals surface area contributed by atoms with Gasteiger partial charge in [-0.3, -0.25) is 0 Å². The molecule has 0 spiro atoms. The van der Waals surface area contributed by atoms with E-state index in [0.29, 0.717) is 5.15 Å². The number of rotatable bonds is 0. The van der Waals surface area contributed by atoms with E-state index in [1.807, 2.05) is 6.07 Å². The Morgan fingerprint density at radius 3 is 3.09 bits per heavy atom. The quantitative estimate of drug-likeness (QED) is 0.525. The number of halogens is 2. The lowest BCUT2D eigenvalue weighted by molar-refractivity contribution is 1.21. The monoisotopic (exact) mass is 277 g/mol. The molecular formula is C8H5ClIN. The Morgan fingerprint density at radius 1 is 1.55 bits per heavy atom. The Hall–Kier alpha value is -0.0900. The topological polar surface area (TPSA) is 12.9 Å². The van der Waals surface area contributed by atoms with Crippen LogP contribution in [-0.2, 0) is 6.42 Å². The van der Waals surface area contributed by atoms with Crippen LogP contribution in [0.2, 0.25) is 5.15 Å². The molecular weight excluding hydrogens is 272 g/mol. The van der Waals surface area contributed by atoms with Gasteiger partial charge in [0, 0.05) is 15.3 Å². The van der Waals surface area contributed by atoms with Crippen LogP contribution >= 0.6 is 34.2 Å². The highest BCUT2D eigenvalue weighted by molar-refractivity contribution is 14.1.